The zero-order valence-electron chi connectivity index (χ0n) is 15.5. The van der Waals surface area contributed by atoms with E-state index in [4.69, 9.17) is 23.8 Å². The summed E-state index contributed by atoms with van der Waals surface area (Å²) in [5, 5.41) is 9.03. The predicted molar refractivity (Wildman–Crippen MR) is 113 cm³/mol. The Morgan fingerprint density at radius 1 is 0.962 bits per heavy atom. The van der Waals surface area contributed by atoms with Crippen molar-refractivity contribution in [1.82, 2.24) is 5.32 Å². The van der Waals surface area contributed by atoms with Gasteiger partial charge in [0.05, 0.1) is 10.7 Å². The Balaban J connectivity index is 2.49. The first-order valence-electron chi connectivity index (χ1n) is 9.16. The maximum absolute atomic E-state index is 11.9. The topological polar surface area (TPSA) is 70.2 Å². The van der Waals surface area contributed by atoms with Crippen LogP contribution in [-0.2, 0) is 9.59 Å². The van der Waals surface area contributed by atoms with Crippen LogP contribution in [0.5, 0.6) is 0 Å². The number of unbranched alkanes of at least 4 members (excludes halogenated alkanes) is 4. The lowest BCUT2D eigenvalue weighted by Gasteiger charge is -2.13. The summed E-state index contributed by atoms with van der Waals surface area (Å²) in [7, 11) is 0. The first-order chi connectivity index (χ1) is 12.5. The Bertz CT molecular complexity index is 623. The van der Waals surface area contributed by atoms with E-state index >= 15 is 0 Å². The summed E-state index contributed by atoms with van der Waals surface area (Å²) in [5.41, 5.74) is 1.16. The second-order valence-corrected chi connectivity index (χ2v) is 6.97. The largest absolute Gasteiger partial charge is 0.331 e. The number of carbonyl (C=O) groups excluding carboxylic acids is 2. The highest BCUT2D eigenvalue weighted by Gasteiger charge is 2.09. The van der Waals surface area contributed by atoms with Crippen molar-refractivity contribution in [1.29, 1.82) is 0 Å². The molecular formula is C19H28ClN3O2S. The van der Waals surface area contributed by atoms with Gasteiger partial charge < -0.3 is 16.0 Å². The molecule has 0 heterocycles. The molecule has 144 valence electrons. The summed E-state index contributed by atoms with van der Waals surface area (Å²) in [4.78, 5) is 23.6. The lowest BCUT2D eigenvalue weighted by Crippen LogP contribution is -2.34. The van der Waals surface area contributed by atoms with Crippen LogP contribution in [0.3, 0.4) is 0 Å². The summed E-state index contributed by atoms with van der Waals surface area (Å²) in [5.74, 6) is -0.165. The molecule has 0 saturated carbocycles. The molecule has 0 aromatic heterocycles. The molecule has 0 aliphatic rings. The van der Waals surface area contributed by atoms with E-state index in [-0.39, 0.29) is 16.9 Å². The molecule has 26 heavy (non-hydrogen) atoms. The van der Waals surface area contributed by atoms with Crippen molar-refractivity contribution in [2.45, 2.75) is 65.2 Å². The highest BCUT2D eigenvalue weighted by atomic mass is 35.5. The SMILES string of the molecule is CCCCCCCC(=O)NC(=S)Nc1cc(NC(=O)CCC)ccc1Cl. The Morgan fingerprint density at radius 2 is 1.69 bits per heavy atom. The minimum atomic E-state index is -0.109. The normalized spacial score (nSPS) is 10.3. The standard InChI is InChI=1S/C19H28ClN3O2S/c1-3-5-6-7-8-10-18(25)23-19(26)22-16-13-14(11-12-15(16)20)21-17(24)9-4-2/h11-13H,3-10H2,1-2H3,(H,21,24)(H2,22,23,25,26). The number of nitrogens with one attached hydrogen (secondary N) is 3. The van der Waals surface area contributed by atoms with Crippen molar-refractivity contribution in [2.24, 2.45) is 0 Å². The molecule has 0 unspecified atom stereocenters. The lowest BCUT2D eigenvalue weighted by molar-refractivity contribution is -0.119. The molecule has 0 radical (unpaired) electrons. The minimum Gasteiger partial charge on any atom is -0.331 e. The van der Waals surface area contributed by atoms with Gasteiger partial charge in [0, 0.05) is 18.5 Å². The smallest absolute Gasteiger partial charge is 0.226 e. The van der Waals surface area contributed by atoms with Crippen LogP contribution in [0.2, 0.25) is 5.02 Å². The van der Waals surface area contributed by atoms with Crippen LogP contribution in [0, 0.1) is 0 Å². The van der Waals surface area contributed by atoms with Gasteiger partial charge in [0.25, 0.3) is 0 Å². The maximum Gasteiger partial charge on any atom is 0.226 e. The van der Waals surface area contributed by atoms with Crippen molar-refractivity contribution < 1.29 is 9.59 Å². The summed E-state index contributed by atoms with van der Waals surface area (Å²) in [6, 6.07) is 5.09. The van der Waals surface area contributed by atoms with E-state index in [1.807, 2.05) is 6.92 Å². The van der Waals surface area contributed by atoms with Crippen LogP contribution in [0.25, 0.3) is 0 Å². The summed E-state index contributed by atoms with van der Waals surface area (Å²) >= 11 is 11.3. The molecule has 0 spiro atoms. The third-order valence-corrected chi connectivity index (χ3v) is 4.27. The first kappa shape index (κ1) is 22.4. The monoisotopic (exact) mass is 397 g/mol. The fourth-order valence-electron chi connectivity index (χ4n) is 2.38. The number of amides is 2. The van der Waals surface area contributed by atoms with Gasteiger partial charge in [-0.2, -0.15) is 0 Å². The van der Waals surface area contributed by atoms with E-state index in [9.17, 15) is 9.59 Å². The number of hydrogen-bond donors (Lipinski definition) is 3. The van der Waals surface area contributed by atoms with E-state index in [2.05, 4.69) is 22.9 Å². The molecule has 0 atom stereocenters. The first-order valence-corrected chi connectivity index (χ1v) is 9.95. The molecule has 0 saturated heterocycles. The second kappa shape index (κ2) is 12.7. The Kier molecular flexibility index (Phi) is 10.9. The molecule has 1 aromatic rings. The molecule has 5 nitrogen and oxygen atoms in total. The number of carbonyl (C=O) groups is 2. The van der Waals surface area contributed by atoms with Crippen LogP contribution in [0.4, 0.5) is 11.4 Å². The van der Waals surface area contributed by atoms with Gasteiger partial charge in [0.15, 0.2) is 5.11 Å². The molecule has 1 aromatic carbocycles. The van der Waals surface area contributed by atoms with Crippen LogP contribution >= 0.6 is 23.8 Å². The van der Waals surface area contributed by atoms with Crippen molar-refractivity contribution >= 4 is 52.1 Å². The molecule has 2 amide bonds. The second-order valence-electron chi connectivity index (χ2n) is 6.16. The summed E-state index contributed by atoms with van der Waals surface area (Å²) < 4.78 is 0. The van der Waals surface area contributed by atoms with E-state index in [0.29, 0.717) is 29.2 Å². The maximum atomic E-state index is 11.9. The van der Waals surface area contributed by atoms with E-state index in [1.54, 1.807) is 18.2 Å². The number of anilines is 2. The molecule has 0 aliphatic heterocycles. The minimum absolute atomic E-state index is 0.0558. The van der Waals surface area contributed by atoms with Crippen LogP contribution in [-0.4, -0.2) is 16.9 Å². The van der Waals surface area contributed by atoms with Crippen LogP contribution in [0.15, 0.2) is 18.2 Å². The fourth-order valence-corrected chi connectivity index (χ4v) is 2.77. The average molecular weight is 398 g/mol. The number of hydrogen-bond acceptors (Lipinski definition) is 3. The van der Waals surface area contributed by atoms with Gasteiger partial charge in [0.1, 0.15) is 0 Å². The zero-order chi connectivity index (χ0) is 19.4. The lowest BCUT2D eigenvalue weighted by atomic mass is 10.1. The third-order valence-electron chi connectivity index (χ3n) is 3.74. The summed E-state index contributed by atoms with van der Waals surface area (Å²) in [6.45, 7) is 4.10. The Morgan fingerprint density at radius 3 is 2.38 bits per heavy atom. The third kappa shape index (κ3) is 9.15. The zero-order valence-corrected chi connectivity index (χ0v) is 17.1. The van der Waals surface area contributed by atoms with Gasteiger partial charge in [-0.3, -0.25) is 9.59 Å². The van der Waals surface area contributed by atoms with E-state index in [1.165, 1.54) is 12.8 Å². The van der Waals surface area contributed by atoms with Crippen LogP contribution < -0.4 is 16.0 Å². The van der Waals surface area contributed by atoms with Crippen molar-refractivity contribution in [3.05, 3.63) is 23.2 Å². The van der Waals surface area contributed by atoms with E-state index < -0.39 is 0 Å². The van der Waals surface area contributed by atoms with Gasteiger partial charge in [-0.15, -0.1) is 0 Å². The van der Waals surface area contributed by atoms with Gasteiger partial charge in [0.2, 0.25) is 11.8 Å². The van der Waals surface area contributed by atoms with E-state index in [0.717, 1.165) is 25.7 Å². The molecule has 0 aliphatic carbocycles. The number of benzene rings is 1. The van der Waals surface area contributed by atoms with Crippen molar-refractivity contribution in [3.63, 3.8) is 0 Å². The van der Waals surface area contributed by atoms with Crippen LogP contribution in [0.1, 0.15) is 65.2 Å². The molecule has 1 rings (SSSR count). The molecule has 7 heteroatoms. The molecular weight excluding hydrogens is 370 g/mol. The molecule has 3 N–H and O–H groups in total. The molecule has 0 bridgehead atoms. The number of thiocarbonyl (C=S) groups is 1. The highest BCUT2D eigenvalue weighted by Crippen LogP contribution is 2.25. The Labute approximate surface area is 166 Å². The predicted octanol–water partition coefficient (Wildman–Crippen LogP) is 5.25. The summed E-state index contributed by atoms with van der Waals surface area (Å²) in [6.07, 6.45) is 7.12. The Hall–Kier alpha value is -1.66. The average Bonchev–Trinajstić information content (AvgIpc) is 2.57. The molecule has 0 fully saturated rings. The highest BCUT2D eigenvalue weighted by molar-refractivity contribution is 7.80. The quantitative estimate of drug-likeness (QED) is 0.372. The van der Waals surface area contributed by atoms with Gasteiger partial charge in [-0.1, -0.05) is 51.1 Å². The van der Waals surface area contributed by atoms with Gasteiger partial charge in [-0.05, 0) is 43.3 Å². The van der Waals surface area contributed by atoms with Gasteiger partial charge >= 0.3 is 0 Å². The number of halogens is 1. The van der Waals surface area contributed by atoms with Crippen molar-refractivity contribution in [3.8, 4) is 0 Å². The van der Waals surface area contributed by atoms with Crippen molar-refractivity contribution in [2.75, 3.05) is 10.6 Å². The fraction of sp³-hybridized carbons (Fsp3) is 0.526. The van der Waals surface area contributed by atoms with Gasteiger partial charge in [-0.25, -0.2) is 0 Å². The number of rotatable bonds is 10.